The monoisotopic (exact) mass is 688 g/mol. The maximum Gasteiger partial charge on any atom is 0.247 e. The molecule has 1 aliphatic carbocycles. The minimum Gasteiger partial charge on any atom is -0.336 e. The Morgan fingerprint density at radius 3 is 2.04 bits per heavy atom. The van der Waals surface area contributed by atoms with Gasteiger partial charge in [-0.2, -0.15) is 5.10 Å². The summed E-state index contributed by atoms with van der Waals surface area (Å²) in [6.07, 6.45) is 0. The highest BCUT2D eigenvalue weighted by Gasteiger charge is 2.63. The quantitative estimate of drug-likeness (QED) is 0.204. The number of carbonyl (C=O) groups is 3. The van der Waals surface area contributed by atoms with E-state index in [1.54, 1.807) is 33.8 Å². The second kappa shape index (κ2) is 10.6. The van der Waals surface area contributed by atoms with Crippen molar-refractivity contribution in [2.24, 2.45) is 0 Å². The average Bonchev–Trinajstić information content (AvgIpc) is 3.62. The summed E-state index contributed by atoms with van der Waals surface area (Å²) in [5.74, 6) is -0.580. The van der Waals surface area contributed by atoms with Crippen LogP contribution in [0.2, 0.25) is 0 Å². The van der Waals surface area contributed by atoms with Gasteiger partial charge in [0, 0.05) is 38.0 Å². The normalized spacial score (nSPS) is 17.6. The fourth-order valence-corrected chi connectivity index (χ4v) is 7.78. The summed E-state index contributed by atoms with van der Waals surface area (Å²) in [7, 11) is 0. The van der Waals surface area contributed by atoms with Crippen molar-refractivity contribution in [3.05, 3.63) is 177 Å². The van der Waals surface area contributed by atoms with Crippen molar-refractivity contribution in [3.63, 3.8) is 0 Å². The average molecular weight is 690 g/mol. The smallest absolute Gasteiger partial charge is 0.247 e. The first-order valence-electron chi connectivity index (χ1n) is 15.6. The molecular weight excluding hydrogens is 664 g/mol. The number of aromatic nitrogens is 2. The summed E-state index contributed by atoms with van der Waals surface area (Å²) in [5, 5.41) is 8.56. The van der Waals surface area contributed by atoms with Gasteiger partial charge in [-0.05, 0) is 35.9 Å². The number of hydrogen-bond acceptors (Lipinski definition) is 5. The van der Waals surface area contributed by atoms with Crippen LogP contribution in [0.3, 0.4) is 0 Å². The minimum atomic E-state index is -1.71. The van der Waals surface area contributed by atoms with Gasteiger partial charge >= 0.3 is 0 Å². The largest absolute Gasteiger partial charge is 0.336 e. The molecule has 0 saturated carbocycles. The van der Waals surface area contributed by atoms with E-state index in [-0.39, 0.29) is 40.9 Å². The van der Waals surface area contributed by atoms with E-state index in [9.17, 15) is 9.59 Å². The van der Waals surface area contributed by atoms with Crippen molar-refractivity contribution in [3.8, 4) is 16.9 Å². The highest BCUT2D eigenvalue weighted by atomic mass is 79.9. The lowest BCUT2D eigenvalue weighted by Gasteiger charge is -2.39. The molecule has 1 amide bonds. The lowest BCUT2D eigenvalue weighted by Crippen LogP contribution is -2.50. The number of benzene rings is 5. The van der Waals surface area contributed by atoms with Crippen LogP contribution in [0, 0.1) is 0 Å². The summed E-state index contributed by atoms with van der Waals surface area (Å²) >= 11 is 3.67. The Balaban J connectivity index is 1.43. The SMILES string of the molecule is O=C1C2=C(C(=O)c3ccccc31)C1(C(=O)N(Cc3ccccc3)c3ccc(Br)cc31)c1c(-c3ccccc3)nn(-c3ccccc3)c1N2. The Morgan fingerprint density at radius 2 is 1.33 bits per heavy atom. The van der Waals surface area contributed by atoms with E-state index in [1.165, 1.54) is 0 Å². The molecule has 3 aliphatic rings. The number of carbonyl (C=O) groups excluding carboxylic acids is 3. The van der Waals surface area contributed by atoms with Crippen LogP contribution in [0.25, 0.3) is 16.9 Å². The predicted octanol–water partition coefficient (Wildman–Crippen LogP) is 7.89. The van der Waals surface area contributed by atoms with Crippen LogP contribution in [0.4, 0.5) is 11.5 Å². The zero-order chi connectivity index (χ0) is 32.6. The molecule has 0 saturated heterocycles. The summed E-state index contributed by atoms with van der Waals surface area (Å²) in [4.78, 5) is 46.9. The number of halogens is 1. The predicted molar refractivity (Wildman–Crippen MR) is 187 cm³/mol. The molecule has 1 unspecified atom stereocenters. The third-order valence-corrected chi connectivity index (χ3v) is 9.94. The Hall–Kier alpha value is -5.86. The molecule has 8 heteroatoms. The van der Waals surface area contributed by atoms with Crippen LogP contribution in [-0.2, 0) is 16.8 Å². The molecule has 1 N–H and O–H groups in total. The Labute approximate surface area is 284 Å². The maximum atomic E-state index is 15.7. The van der Waals surface area contributed by atoms with Gasteiger partial charge in [0.25, 0.3) is 0 Å². The summed E-state index contributed by atoms with van der Waals surface area (Å²) in [6.45, 7) is 0.271. The molecule has 1 spiro atoms. The Kier molecular flexibility index (Phi) is 6.26. The fraction of sp³-hybridized carbons (Fsp3) is 0.0500. The molecule has 230 valence electrons. The van der Waals surface area contributed by atoms with E-state index in [4.69, 9.17) is 5.10 Å². The highest BCUT2D eigenvalue weighted by molar-refractivity contribution is 9.10. The van der Waals surface area contributed by atoms with E-state index in [1.807, 2.05) is 109 Å². The summed E-state index contributed by atoms with van der Waals surface area (Å²) < 4.78 is 2.48. The van der Waals surface area contributed by atoms with Gasteiger partial charge in [-0.3, -0.25) is 14.4 Å². The number of allylic oxidation sites excluding steroid dienone is 1. The van der Waals surface area contributed by atoms with Crippen molar-refractivity contribution < 1.29 is 14.4 Å². The van der Waals surface area contributed by atoms with E-state index < -0.39 is 5.41 Å². The van der Waals surface area contributed by atoms with E-state index in [0.29, 0.717) is 33.9 Å². The number of rotatable bonds is 4. The number of nitrogens with zero attached hydrogens (tertiary/aromatic N) is 3. The molecule has 0 radical (unpaired) electrons. The maximum absolute atomic E-state index is 15.7. The van der Waals surface area contributed by atoms with Gasteiger partial charge in [0.1, 0.15) is 11.2 Å². The van der Waals surface area contributed by atoms with Crippen LogP contribution in [0.15, 0.2) is 149 Å². The van der Waals surface area contributed by atoms with Gasteiger partial charge in [-0.25, -0.2) is 4.68 Å². The molecule has 9 rings (SSSR count). The van der Waals surface area contributed by atoms with E-state index in [0.717, 1.165) is 21.3 Å². The first-order valence-corrected chi connectivity index (χ1v) is 16.4. The summed E-state index contributed by atoms with van der Waals surface area (Å²) in [5.41, 5.74) is 3.83. The number of Topliss-reactive ketones (excluding diaryl/α,β-unsaturated/α-hetero) is 2. The molecular formula is C40H25BrN4O3. The van der Waals surface area contributed by atoms with Crippen molar-refractivity contribution in [2.75, 3.05) is 10.2 Å². The molecule has 3 heterocycles. The van der Waals surface area contributed by atoms with E-state index >= 15 is 4.79 Å². The fourth-order valence-electron chi connectivity index (χ4n) is 7.42. The molecule has 48 heavy (non-hydrogen) atoms. The van der Waals surface area contributed by atoms with Crippen LogP contribution < -0.4 is 10.2 Å². The van der Waals surface area contributed by atoms with Crippen LogP contribution in [0.1, 0.15) is 37.4 Å². The second-order valence-corrected chi connectivity index (χ2v) is 13.0. The number of hydrogen-bond donors (Lipinski definition) is 1. The number of nitrogens with one attached hydrogen (secondary N) is 1. The first kappa shape index (κ1) is 28.4. The first-order chi connectivity index (χ1) is 23.5. The molecule has 1 aromatic heterocycles. The zero-order valence-corrected chi connectivity index (χ0v) is 26.9. The highest BCUT2D eigenvalue weighted by Crippen LogP contribution is 2.60. The number of para-hydroxylation sites is 1. The molecule has 7 nitrogen and oxygen atoms in total. The molecule has 6 aromatic rings. The van der Waals surface area contributed by atoms with E-state index in [2.05, 4.69) is 21.2 Å². The van der Waals surface area contributed by atoms with Crippen LogP contribution in [0.5, 0.6) is 0 Å². The molecule has 0 bridgehead atoms. The number of ketones is 2. The van der Waals surface area contributed by atoms with Crippen molar-refractivity contribution in [1.29, 1.82) is 0 Å². The molecule has 0 fully saturated rings. The van der Waals surface area contributed by atoms with Gasteiger partial charge in [0.2, 0.25) is 11.7 Å². The van der Waals surface area contributed by atoms with Gasteiger partial charge in [0.15, 0.2) is 5.78 Å². The number of amides is 1. The summed E-state index contributed by atoms with van der Waals surface area (Å²) in [6, 6.07) is 41.5. The Bertz CT molecular complexity index is 2370. The third-order valence-electron chi connectivity index (χ3n) is 9.45. The van der Waals surface area contributed by atoms with Gasteiger partial charge in [-0.15, -0.1) is 0 Å². The molecule has 5 aromatic carbocycles. The minimum absolute atomic E-state index is 0.0868. The van der Waals surface area contributed by atoms with Gasteiger partial charge < -0.3 is 10.2 Å². The molecule has 2 aliphatic heterocycles. The second-order valence-electron chi connectivity index (χ2n) is 12.1. The molecule has 1 atom stereocenters. The van der Waals surface area contributed by atoms with Crippen molar-refractivity contribution >= 4 is 44.9 Å². The number of fused-ring (bicyclic) bond motifs is 6. The zero-order valence-electron chi connectivity index (χ0n) is 25.4. The van der Waals surface area contributed by atoms with Crippen molar-refractivity contribution in [1.82, 2.24) is 9.78 Å². The lowest BCUT2D eigenvalue weighted by molar-refractivity contribution is -0.120. The van der Waals surface area contributed by atoms with Crippen LogP contribution >= 0.6 is 15.9 Å². The third kappa shape index (κ3) is 3.86. The Morgan fingerprint density at radius 1 is 0.708 bits per heavy atom. The van der Waals surface area contributed by atoms with Crippen LogP contribution in [-0.4, -0.2) is 27.3 Å². The lowest BCUT2D eigenvalue weighted by atomic mass is 9.63. The number of anilines is 2. The van der Waals surface area contributed by atoms with Gasteiger partial charge in [0.05, 0.1) is 29.2 Å². The standard InChI is InChI=1S/C40H25BrN4O3/c41-26-20-21-31-30(22-26)40(39(48)44(31)23-24-12-4-1-5-13-24)32-35(37(47)29-19-11-10-18-28(29)36(32)46)42-38-33(40)34(25-14-6-2-7-15-25)43-45(38)27-16-8-3-9-17-27/h1-22,42H,23H2. The van der Waals surface area contributed by atoms with Crippen molar-refractivity contribution in [2.45, 2.75) is 12.0 Å². The topological polar surface area (TPSA) is 84.3 Å². The van der Waals surface area contributed by atoms with Gasteiger partial charge in [-0.1, -0.05) is 119 Å².